The van der Waals surface area contributed by atoms with Crippen molar-refractivity contribution in [3.63, 3.8) is 0 Å². The van der Waals surface area contributed by atoms with Gasteiger partial charge in [-0.25, -0.2) is 4.79 Å². The molecule has 0 aromatic carbocycles. The van der Waals surface area contributed by atoms with Gasteiger partial charge >= 0.3 is 5.97 Å². The molecule has 0 radical (unpaired) electrons. The first-order chi connectivity index (χ1) is 8.97. The van der Waals surface area contributed by atoms with Crippen LogP contribution < -0.4 is 0 Å². The van der Waals surface area contributed by atoms with Gasteiger partial charge in [-0.3, -0.25) is 4.90 Å². The van der Waals surface area contributed by atoms with Crippen LogP contribution in [0, 0.1) is 6.92 Å². The van der Waals surface area contributed by atoms with Crippen molar-refractivity contribution in [1.82, 2.24) is 9.80 Å². The third kappa shape index (κ3) is 3.36. The van der Waals surface area contributed by atoms with Crippen LogP contribution in [0.3, 0.4) is 0 Å². The van der Waals surface area contributed by atoms with Gasteiger partial charge in [-0.2, -0.15) is 0 Å². The first kappa shape index (κ1) is 14.1. The number of furan rings is 1. The van der Waals surface area contributed by atoms with E-state index in [1.165, 1.54) is 0 Å². The smallest absolute Gasteiger partial charge is 0.371 e. The lowest BCUT2D eigenvalue weighted by Crippen LogP contribution is -2.41. The van der Waals surface area contributed by atoms with Crippen LogP contribution in [-0.4, -0.2) is 54.1 Å². The number of aryl methyl sites for hydroxylation is 1. The molecule has 1 aliphatic heterocycles. The summed E-state index contributed by atoms with van der Waals surface area (Å²) >= 11 is 0. The quantitative estimate of drug-likeness (QED) is 0.900. The van der Waals surface area contributed by atoms with E-state index in [2.05, 4.69) is 23.9 Å². The molecule has 0 amide bonds. The predicted molar refractivity (Wildman–Crippen MR) is 72.4 cm³/mol. The molecule has 0 saturated carbocycles. The van der Waals surface area contributed by atoms with Gasteiger partial charge in [0.1, 0.15) is 5.76 Å². The Hall–Kier alpha value is -1.33. The highest BCUT2D eigenvalue weighted by molar-refractivity contribution is 5.84. The van der Waals surface area contributed by atoms with Gasteiger partial charge in [-0.05, 0) is 53.0 Å². The van der Waals surface area contributed by atoms with E-state index in [0.29, 0.717) is 11.8 Å². The van der Waals surface area contributed by atoms with Crippen LogP contribution in [0.5, 0.6) is 0 Å². The van der Waals surface area contributed by atoms with E-state index in [0.717, 1.165) is 38.0 Å². The summed E-state index contributed by atoms with van der Waals surface area (Å²) in [6.45, 7) is 4.71. The van der Waals surface area contributed by atoms with Crippen molar-refractivity contribution in [1.29, 1.82) is 0 Å². The highest BCUT2D eigenvalue weighted by Crippen LogP contribution is 2.20. The van der Waals surface area contributed by atoms with Gasteiger partial charge in [0.05, 0.1) is 0 Å². The van der Waals surface area contributed by atoms with Crippen LogP contribution in [0.2, 0.25) is 0 Å². The molecule has 0 spiro atoms. The molecule has 1 aromatic heterocycles. The molecule has 1 fully saturated rings. The number of hydrogen-bond donors (Lipinski definition) is 1. The second-order valence-corrected chi connectivity index (χ2v) is 5.47. The van der Waals surface area contributed by atoms with E-state index in [4.69, 9.17) is 9.52 Å². The molecule has 1 N–H and O–H groups in total. The Morgan fingerprint density at radius 2 is 2.11 bits per heavy atom. The summed E-state index contributed by atoms with van der Waals surface area (Å²) in [5.41, 5.74) is 0.987. The lowest BCUT2D eigenvalue weighted by Gasteiger charge is -2.35. The fourth-order valence-corrected chi connectivity index (χ4v) is 2.62. The molecule has 1 aromatic rings. The molecule has 1 aliphatic rings. The Kier molecular flexibility index (Phi) is 4.27. The van der Waals surface area contributed by atoms with Crippen LogP contribution in [0.15, 0.2) is 10.5 Å². The molecule has 0 bridgehead atoms. The standard InChI is InChI=1S/C14H22N2O3/c1-10-11(8-13(19-10)14(17)18)9-16-6-4-12(5-7-16)15(2)3/h8,12H,4-7,9H2,1-3H3,(H,17,18). The zero-order valence-corrected chi connectivity index (χ0v) is 11.8. The molecule has 106 valence electrons. The molecule has 0 atom stereocenters. The van der Waals surface area contributed by atoms with E-state index in [1.54, 1.807) is 6.07 Å². The average molecular weight is 266 g/mol. The SMILES string of the molecule is Cc1oc(C(=O)O)cc1CN1CCC(N(C)C)CC1. The lowest BCUT2D eigenvalue weighted by molar-refractivity contribution is 0.0661. The molecular formula is C14H22N2O3. The fraction of sp³-hybridized carbons (Fsp3) is 0.643. The van der Waals surface area contributed by atoms with Gasteiger partial charge in [0.2, 0.25) is 5.76 Å². The Bertz CT molecular complexity index is 446. The van der Waals surface area contributed by atoms with Crippen LogP contribution in [0.1, 0.15) is 34.7 Å². The van der Waals surface area contributed by atoms with Gasteiger partial charge < -0.3 is 14.4 Å². The van der Waals surface area contributed by atoms with Crippen molar-refractivity contribution in [3.8, 4) is 0 Å². The fourth-order valence-electron chi connectivity index (χ4n) is 2.62. The molecule has 0 unspecified atom stereocenters. The summed E-state index contributed by atoms with van der Waals surface area (Å²) in [6, 6.07) is 2.31. The summed E-state index contributed by atoms with van der Waals surface area (Å²) in [5, 5.41) is 8.91. The Balaban J connectivity index is 1.94. The first-order valence-electron chi connectivity index (χ1n) is 6.68. The summed E-state index contributed by atoms with van der Waals surface area (Å²) in [5.74, 6) is -0.247. The van der Waals surface area contributed by atoms with Crippen molar-refractivity contribution < 1.29 is 14.3 Å². The second kappa shape index (κ2) is 5.75. The van der Waals surface area contributed by atoms with E-state index in [-0.39, 0.29) is 5.76 Å². The molecule has 5 heteroatoms. The number of piperidine rings is 1. The van der Waals surface area contributed by atoms with E-state index in [9.17, 15) is 4.79 Å². The van der Waals surface area contributed by atoms with Crippen molar-refractivity contribution in [2.75, 3.05) is 27.2 Å². The van der Waals surface area contributed by atoms with Crippen LogP contribution >= 0.6 is 0 Å². The van der Waals surface area contributed by atoms with Gasteiger partial charge in [-0.1, -0.05) is 0 Å². The van der Waals surface area contributed by atoms with Gasteiger partial charge in [0.15, 0.2) is 0 Å². The van der Waals surface area contributed by atoms with Gasteiger partial charge in [-0.15, -0.1) is 0 Å². The number of likely N-dealkylation sites (tertiary alicyclic amines) is 1. The number of nitrogens with zero attached hydrogens (tertiary/aromatic N) is 2. The van der Waals surface area contributed by atoms with Crippen molar-refractivity contribution >= 4 is 5.97 Å². The minimum Gasteiger partial charge on any atom is -0.475 e. The summed E-state index contributed by atoms with van der Waals surface area (Å²) in [7, 11) is 4.25. The lowest BCUT2D eigenvalue weighted by atomic mass is 10.0. The highest BCUT2D eigenvalue weighted by Gasteiger charge is 2.22. The molecule has 2 rings (SSSR count). The number of rotatable bonds is 4. The molecule has 2 heterocycles. The summed E-state index contributed by atoms with van der Waals surface area (Å²) in [6.07, 6.45) is 2.32. The Morgan fingerprint density at radius 1 is 1.47 bits per heavy atom. The zero-order chi connectivity index (χ0) is 14.0. The topological polar surface area (TPSA) is 56.9 Å². The number of carbonyl (C=O) groups is 1. The Labute approximate surface area is 113 Å². The van der Waals surface area contributed by atoms with E-state index >= 15 is 0 Å². The normalized spacial score (nSPS) is 18.1. The molecule has 0 aliphatic carbocycles. The molecular weight excluding hydrogens is 244 g/mol. The minimum absolute atomic E-state index is 0.0377. The van der Waals surface area contributed by atoms with Crippen molar-refractivity contribution in [2.45, 2.75) is 32.4 Å². The maximum absolute atomic E-state index is 10.9. The number of hydrogen-bond acceptors (Lipinski definition) is 4. The summed E-state index contributed by atoms with van der Waals surface area (Å²) < 4.78 is 5.24. The number of carboxylic acids is 1. The zero-order valence-electron chi connectivity index (χ0n) is 11.8. The monoisotopic (exact) mass is 266 g/mol. The average Bonchev–Trinajstić information content (AvgIpc) is 2.72. The van der Waals surface area contributed by atoms with Crippen LogP contribution in [0.4, 0.5) is 0 Å². The van der Waals surface area contributed by atoms with Crippen molar-refractivity contribution in [2.24, 2.45) is 0 Å². The molecule has 1 saturated heterocycles. The Morgan fingerprint density at radius 3 is 2.58 bits per heavy atom. The van der Waals surface area contributed by atoms with Gasteiger partial charge in [0.25, 0.3) is 0 Å². The first-order valence-corrected chi connectivity index (χ1v) is 6.68. The minimum atomic E-state index is -0.999. The van der Waals surface area contributed by atoms with Gasteiger partial charge in [0, 0.05) is 18.2 Å². The summed E-state index contributed by atoms with van der Waals surface area (Å²) in [4.78, 5) is 15.5. The maximum Gasteiger partial charge on any atom is 0.371 e. The number of carboxylic acid groups (broad SMARTS) is 1. The maximum atomic E-state index is 10.9. The van der Waals surface area contributed by atoms with E-state index in [1.807, 2.05) is 6.92 Å². The predicted octanol–water partition coefficient (Wildman–Crippen LogP) is 1.81. The van der Waals surface area contributed by atoms with Crippen molar-refractivity contribution in [3.05, 3.63) is 23.2 Å². The van der Waals surface area contributed by atoms with Crippen LogP contribution in [-0.2, 0) is 6.54 Å². The largest absolute Gasteiger partial charge is 0.475 e. The third-order valence-corrected chi connectivity index (χ3v) is 3.91. The van der Waals surface area contributed by atoms with Crippen LogP contribution in [0.25, 0.3) is 0 Å². The molecule has 5 nitrogen and oxygen atoms in total. The third-order valence-electron chi connectivity index (χ3n) is 3.91. The second-order valence-electron chi connectivity index (χ2n) is 5.47. The molecule has 19 heavy (non-hydrogen) atoms. The number of aromatic carboxylic acids is 1. The highest BCUT2D eigenvalue weighted by atomic mass is 16.4. The van der Waals surface area contributed by atoms with E-state index < -0.39 is 5.97 Å².